The number of ketones is 2. The summed E-state index contributed by atoms with van der Waals surface area (Å²) < 4.78 is 13.6. The molecule has 0 saturated carbocycles. The largest absolute Gasteiger partial charge is 0.294 e. The van der Waals surface area contributed by atoms with Gasteiger partial charge in [-0.25, -0.2) is 4.39 Å². The van der Waals surface area contributed by atoms with Crippen molar-refractivity contribution in [3.05, 3.63) is 35.1 Å². The van der Waals surface area contributed by atoms with Crippen LogP contribution < -0.4 is 0 Å². The normalized spacial score (nSPS) is 10.5. The number of halogens is 3. The van der Waals surface area contributed by atoms with Crippen LogP contribution in [-0.4, -0.2) is 23.3 Å². The van der Waals surface area contributed by atoms with Crippen molar-refractivity contribution in [1.82, 2.24) is 0 Å². The topological polar surface area (TPSA) is 34.1 Å². The van der Waals surface area contributed by atoms with Crippen molar-refractivity contribution in [3.63, 3.8) is 0 Å². The molecular formula is C14H15Cl2FO2. The van der Waals surface area contributed by atoms with Gasteiger partial charge in [-0.3, -0.25) is 9.59 Å². The lowest BCUT2D eigenvalue weighted by atomic mass is 10.00. The molecule has 19 heavy (non-hydrogen) atoms. The van der Waals surface area contributed by atoms with E-state index in [1.54, 1.807) is 0 Å². The van der Waals surface area contributed by atoms with E-state index in [2.05, 4.69) is 0 Å². The molecular weight excluding hydrogens is 290 g/mol. The molecule has 2 nitrogen and oxygen atoms in total. The van der Waals surface area contributed by atoms with Crippen molar-refractivity contribution < 1.29 is 14.0 Å². The van der Waals surface area contributed by atoms with Gasteiger partial charge in [0.15, 0.2) is 11.6 Å². The van der Waals surface area contributed by atoms with Gasteiger partial charge in [-0.2, -0.15) is 0 Å². The zero-order valence-corrected chi connectivity index (χ0v) is 11.9. The molecule has 0 amide bonds. The molecule has 0 aliphatic carbocycles. The summed E-state index contributed by atoms with van der Waals surface area (Å²) in [6.07, 6.45) is 1.53. The lowest BCUT2D eigenvalue weighted by molar-refractivity contribution is 0.0978. The van der Waals surface area contributed by atoms with Gasteiger partial charge in [0.2, 0.25) is 0 Å². The number of hydrogen-bond donors (Lipinski definition) is 0. The van der Waals surface area contributed by atoms with E-state index in [0.29, 0.717) is 36.6 Å². The van der Waals surface area contributed by atoms with Crippen molar-refractivity contribution in [2.75, 3.05) is 11.8 Å². The van der Waals surface area contributed by atoms with Gasteiger partial charge < -0.3 is 0 Å². The van der Waals surface area contributed by atoms with Gasteiger partial charge in [-0.05, 0) is 31.0 Å². The Kier molecular flexibility index (Phi) is 7.03. The summed E-state index contributed by atoms with van der Waals surface area (Å²) in [5.41, 5.74) is 0.308. The van der Waals surface area contributed by atoms with Crippen LogP contribution in [0.25, 0.3) is 0 Å². The first-order chi connectivity index (χ1) is 9.10. The third kappa shape index (κ3) is 4.92. The first kappa shape index (κ1) is 16.1. The van der Waals surface area contributed by atoms with Gasteiger partial charge in [-0.1, -0.05) is 0 Å². The minimum Gasteiger partial charge on any atom is -0.294 e. The predicted molar refractivity (Wildman–Crippen MR) is 75.0 cm³/mol. The zero-order chi connectivity index (χ0) is 14.3. The summed E-state index contributed by atoms with van der Waals surface area (Å²) in [5.74, 6) is -0.318. The highest BCUT2D eigenvalue weighted by molar-refractivity contribution is 6.18. The second kappa shape index (κ2) is 8.28. The maximum Gasteiger partial charge on any atom is 0.165 e. The van der Waals surface area contributed by atoms with E-state index in [0.717, 1.165) is 6.07 Å². The van der Waals surface area contributed by atoms with Crippen molar-refractivity contribution >= 4 is 34.8 Å². The van der Waals surface area contributed by atoms with Gasteiger partial charge in [-0.15, -0.1) is 23.2 Å². The Morgan fingerprint density at radius 2 is 1.58 bits per heavy atom. The standard InChI is InChI=1S/C14H15Cl2FO2/c15-7-1-3-13(18)10-5-6-12(17)11(9-10)14(19)4-2-8-16/h5-6,9H,1-4,7-8H2. The van der Waals surface area contributed by atoms with Crippen molar-refractivity contribution in [2.45, 2.75) is 25.7 Å². The predicted octanol–water partition coefficient (Wildman–Crippen LogP) is 4.23. The zero-order valence-electron chi connectivity index (χ0n) is 10.4. The van der Waals surface area contributed by atoms with Crippen LogP contribution in [0.15, 0.2) is 18.2 Å². The van der Waals surface area contributed by atoms with Crippen LogP contribution in [0.4, 0.5) is 4.39 Å². The molecule has 0 unspecified atom stereocenters. The molecule has 104 valence electrons. The minimum absolute atomic E-state index is 0.0400. The van der Waals surface area contributed by atoms with Crippen LogP contribution >= 0.6 is 23.2 Å². The van der Waals surface area contributed by atoms with Crippen LogP contribution in [-0.2, 0) is 0 Å². The fourth-order valence-electron chi connectivity index (χ4n) is 1.65. The molecule has 0 fully saturated rings. The summed E-state index contributed by atoms with van der Waals surface area (Å²) in [4.78, 5) is 23.6. The Morgan fingerprint density at radius 1 is 1.00 bits per heavy atom. The van der Waals surface area contributed by atoms with Gasteiger partial charge in [0.25, 0.3) is 0 Å². The number of carbonyl (C=O) groups is 2. The molecule has 0 atom stereocenters. The second-order valence-electron chi connectivity index (χ2n) is 4.13. The first-order valence-corrected chi connectivity index (χ1v) is 7.15. The molecule has 0 bridgehead atoms. The van der Waals surface area contributed by atoms with E-state index in [-0.39, 0.29) is 23.6 Å². The number of Topliss-reactive ketones (excluding diaryl/α,β-unsaturated/α-hetero) is 2. The number of benzene rings is 1. The van der Waals surface area contributed by atoms with E-state index in [1.807, 2.05) is 0 Å². The fraction of sp³-hybridized carbons (Fsp3) is 0.429. The summed E-state index contributed by atoms with van der Waals surface area (Å²) >= 11 is 11.0. The van der Waals surface area contributed by atoms with Crippen LogP contribution in [0.5, 0.6) is 0 Å². The Labute approximate surface area is 121 Å². The number of rotatable bonds is 8. The molecule has 0 N–H and O–H groups in total. The summed E-state index contributed by atoms with van der Waals surface area (Å²) in [7, 11) is 0. The van der Waals surface area contributed by atoms with Crippen LogP contribution in [0.3, 0.4) is 0 Å². The maximum atomic E-state index is 13.6. The molecule has 5 heteroatoms. The quantitative estimate of drug-likeness (QED) is 0.532. The second-order valence-corrected chi connectivity index (χ2v) is 4.88. The van der Waals surface area contributed by atoms with E-state index in [1.165, 1.54) is 12.1 Å². The van der Waals surface area contributed by atoms with Gasteiger partial charge in [0.05, 0.1) is 5.56 Å². The van der Waals surface area contributed by atoms with E-state index in [9.17, 15) is 14.0 Å². The Bertz CT molecular complexity index is 461. The van der Waals surface area contributed by atoms with Gasteiger partial charge >= 0.3 is 0 Å². The van der Waals surface area contributed by atoms with Crippen LogP contribution in [0.2, 0.25) is 0 Å². The van der Waals surface area contributed by atoms with Crippen molar-refractivity contribution in [2.24, 2.45) is 0 Å². The highest BCUT2D eigenvalue weighted by atomic mass is 35.5. The highest BCUT2D eigenvalue weighted by Crippen LogP contribution is 2.16. The number of hydrogen-bond acceptors (Lipinski definition) is 2. The molecule has 0 spiro atoms. The Morgan fingerprint density at radius 3 is 2.16 bits per heavy atom. The van der Waals surface area contributed by atoms with Crippen LogP contribution in [0.1, 0.15) is 46.4 Å². The van der Waals surface area contributed by atoms with Gasteiger partial charge in [0, 0.05) is 30.2 Å². The smallest absolute Gasteiger partial charge is 0.165 e. The van der Waals surface area contributed by atoms with Crippen molar-refractivity contribution in [1.29, 1.82) is 0 Å². The van der Waals surface area contributed by atoms with E-state index in [4.69, 9.17) is 23.2 Å². The molecule has 0 heterocycles. The lowest BCUT2D eigenvalue weighted by Gasteiger charge is -2.05. The SMILES string of the molecule is O=C(CCCCl)c1ccc(F)c(C(=O)CCCCl)c1. The summed E-state index contributed by atoms with van der Waals surface area (Å²) in [6.45, 7) is 0. The fourth-order valence-corrected chi connectivity index (χ4v) is 1.91. The van der Waals surface area contributed by atoms with Gasteiger partial charge in [0.1, 0.15) is 5.82 Å². The Hall–Kier alpha value is -0.930. The molecule has 1 aromatic carbocycles. The molecule has 1 rings (SSSR count). The summed E-state index contributed by atoms with van der Waals surface area (Å²) in [6, 6.07) is 3.87. The van der Waals surface area contributed by atoms with E-state index >= 15 is 0 Å². The average Bonchev–Trinajstić information content (AvgIpc) is 2.42. The van der Waals surface area contributed by atoms with Crippen molar-refractivity contribution in [3.8, 4) is 0 Å². The Balaban J connectivity index is 2.87. The third-order valence-corrected chi connectivity index (χ3v) is 3.20. The summed E-state index contributed by atoms with van der Waals surface area (Å²) in [5, 5.41) is 0. The average molecular weight is 305 g/mol. The minimum atomic E-state index is -0.603. The molecule has 1 aromatic rings. The molecule has 0 aliphatic rings. The molecule has 0 aliphatic heterocycles. The number of carbonyl (C=O) groups excluding carboxylic acids is 2. The molecule has 0 aromatic heterocycles. The lowest BCUT2D eigenvalue weighted by Crippen LogP contribution is -2.07. The maximum absolute atomic E-state index is 13.6. The third-order valence-electron chi connectivity index (χ3n) is 2.66. The monoisotopic (exact) mass is 304 g/mol. The molecule has 0 radical (unpaired) electrons. The molecule has 0 saturated heterocycles. The highest BCUT2D eigenvalue weighted by Gasteiger charge is 2.14. The van der Waals surface area contributed by atoms with E-state index < -0.39 is 5.82 Å². The number of alkyl halides is 2. The van der Waals surface area contributed by atoms with Crippen LogP contribution in [0, 0.1) is 5.82 Å². The first-order valence-electron chi connectivity index (χ1n) is 6.08.